The molecule has 0 unspecified atom stereocenters. The number of H-pyrrole nitrogens is 1. The lowest BCUT2D eigenvalue weighted by Crippen LogP contribution is -2.46. The molecule has 3 heterocycles. The Bertz CT molecular complexity index is 1050. The van der Waals surface area contributed by atoms with Crippen molar-refractivity contribution >= 4 is 23.4 Å². The lowest BCUT2D eigenvalue weighted by atomic mass is 10.2. The zero-order valence-electron chi connectivity index (χ0n) is 16.4. The third kappa shape index (κ3) is 4.51. The molecule has 10 heteroatoms. The Balaban J connectivity index is 1.34. The van der Waals surface area contributed by atoms with E-state index in [0.29, 0.717) is 29.6 Å². The van der Waals surface area contributed by atoms with E-state index in [-0.39, 0.29) is 30.7 Å². The number of halogens is 1. The number of aromatic nitrogens is 3. The van der Waals surface area contributed by atoms with E-state index in [2.05, 4.69) is 20.6 Å². The molecule has 3 aromatic rings. The van der Waals surface area contributed by atoms with Gasteiger partial charge in [-0.05, 0) is 42.3 Å². The van der Waals surface area contributed by atoms with Gasteiger partial charge in [0, 0.05) is 24.1 Å². The van der Waals surface area contributed by atoms with Gasteiger partial charge in [0.1, 0.15) is 6.04 Å². The predicted octanol–water partition coefficient (Wildman–Crippen LogP) is 1.96. The number of benzene rings is 1. The standard InChI is InChI=1S/C20H20ClN5O4/c1-12-9-15(29-24-12)10-18(27)26-8-2-3-16(26)20(28)22-11-17-23-19(25-30-17)13-4-6-14(21)7-5-13/h4-7,9,16H,2-3,8,10-11H2,1H3,(H,22,28)/p+1/t16-/m0/s1. The topological polar surface area (TPSA) is 116 Å². The molecule has 0 bridgehead atoms. The zero-order valence-corrected chi connectivity index (χ0v) is 17.1. The molecule has 0 radical (unpaired) electrons. The zero-order chi connectivity index (χ0) is 21.1. The van der Waals surface area contributed by atoms with Gasteiger partial charge in [-0.25, -0.2) is 4.52 Å². The van der Waals surface area contributed by atoms with Gasteiger partial charge >= 0.3 is 0 Å². The summed E-state index contributed by atoms with van der Waals surface area (Å²) in [5.41, 5.74) is 1.60. The van der Waals surface area contributed by atoms with E-state index in [1.54, 1.807) is 35.2 Å². The van der Waals surface area contributed by atoms with Crippen LogP contribution in [0, 0.1) is 6.92 Å². The second kappa shape index (κ2) is 8.66. The van der Waals surface area contributed by atoms with Crippen molar-refractivity contribution in [2.45, 2.75) is 38.8 Å². The molecular formula is C20H21ClN5O4+. The van der Waals surface area contributed by atoms with Crippen LogP contribution in [0.5, 0.6) is 0 Å². The molecule has 2 N–H and O–H groups in total. The first-order chi connectivity index (χ1) is 14.5. The van der Waals surface area contributed by atoms with E-state index >= 15 is 0 Å². The minimum absolute atomic E-state index is 0.0876. The van der Waals surface area contributed by atoms with Gasteiger partial charge in [-0.3, -0.25) is 9.59 Å². The van der Waals surface area contributed by atoms with Crippen molar-refractivity contribution in [3.8, 4) is 11.4 Å². The molecule has 2 aromatic heterocycles. The molecule has 1 aliphatic rings. The number of carbonyl (C=O) groups excluding carboxylic acids is 2. The maximum Gasteiger partial charge on any atom is 0.246 e. The molecule has 1 saturated heterocycles. The molecule has 4 rings (SSSR count). The highest BCUT2D eigenvalue weighted by molar-refractivity contribution is 6.30. The molecule has 1 atom stereocenters. The lowest BCUT2D eigenvalue weighted by Gasteiger charge is -2.23. The number of nitrogens with one attached hydrogen (secondary N) is 2. The third-order valence-electron chi connectivity index (χ3n) is 4.91. The highest BCUT2D eigenvalue weighted by Gasteiger charge is 2.34. The Kier molecular flexibility index (Phi) is 5.80. The second-order valence-electron chi connectivity index (χ2n) is 7.16. The van der Waals surface area contributed by atoms with Crippen molar-refractivity contribution in [1.82, 2.24) is 20.4 Å². The van der Waals surface area contributed by atoms with Crippen molar-refractivity contribution < 1.29 is 23.8 Å². The van der Waals surface area contributed by atoms with Crippen molar-refractivity contribution in [3.05, 3.63) is 52.7 Å². The summed E-state index contributed by atoms with van der Waals surface area (Å²) in [6.45, 7) is 2.48. The molecule has 0 saturated carbocycles. The van der Waals surface area contributed by atoms with Crippen LogP contribution in [0.3, 0.4) is 0 Å². The third-order valence-corrected chi connectivity index (χ3v) is 5.16. The Morgan fingerprint density at radius 1 is 1.33 bits per heavy atom. The van der Waals surface area contributed by atoms with Crippen LogP contribution in [0.1, 0.15) is 30.2 Å². The summed E-state index contributed by atoms with van der Waals surface area (Å²) >= 11 is 5.88. The van der Waals surface area contributed by atoms with Crippen LogP contribution in [0.2, 0.25) is 5.02 Å². The Labute approximate surface area is 177 Å². The molecule has 1 fully saturated rings. The number of likely N-dealkylation sites (tertiary alicyclic amines) is 1. The van der Waals surface area contributed by atoms with Crippen molar-refractivity contribution in [2.75, 3.05) is 6.54 Å². The van der Waals surface area contributed by atoms with E-state index in [4.69, 9.17) is 20.6 Å². The summed E-state index contributed by atoms with van der Waals surface area (Å²) in [4.78, 5) is 31.2. The summed E-state index contributed by atoms with van der Waals surface area (Å²) in [6, 6.07) is 8.31. The first-order valence-electron chi connectivity index (χ1n) is 9.62. The van der Waals surface area contributed by atoms with Crippen LogP contribution in [-0.4, -0.2) is 39.4 Å². The molecule has 30 heavy (non-hydrogen) atoms. The van der Waals surface area contributed by atoms with Gasteiger partial charge in [0.25, 0.3) is 0 Å². The Hall–Kier alpha value is -3.20. The van der Waals surface area contributed by atoms with E-state index in [1.807, 2.05) is 6.92 Å². The Morgan fingerprint density at radius 2 is 2.13 bits per heavy atom. The van der Waals surface area contributed by atoms with Gasteiger partial charge in [-0.2, -0.15) is 4.98 Å². The summed E-state index contributed by atoms with van der Waals surface area (Å²) in [7, 11) is 0. The van der Waals surface area contributed by atoms with Gasteiger partial charge in [0.05, 0.1) is 19.0 Å². The Morgan fingerprint density at radius 3 is 2.87 bits per heavy atom. The van der Waals surface area contributed by atoms with Gasteiger partial charge in [0.15, 0.2) is 5.76 Å². The maximum absolute atomic E-state index is 12.7. The largest absolute Gasteiger partial charge is 0.345 e. The van der Waals surface area contributed by atoms with Crippen molar-refractivity contribution in [2.24, 2.45) is 0 Å². The molecular weight excluding hydrogens is 410 g/mol. The van der Waals surface area contributed by atoms with Gasteiger partial charge < -0.3 is 14.7 Å². The fraction of sp³-hybridized carbons (Fsp3) is 0.350. The first kappa shape index (κ1) is 20.1. The predicted molar refractivity (Wildman–Crippen MR) is 105 cm³/mol. The van der Waals surface area contributed by atoms with E-state index in [9.17, 15) is 9.59 Å². The summed E-state index contributed by atoms with van der Waals surface area (Å²) in [5.74, 6) is 0.863. The molecule has 0 spiro atoms. The van der Waals surface area contributed by atoms with Gasteiger partial charge in [-0.15, -0.1) is 0 Å². The molecule has 0 aliphatic carbocycles. The fourth-order valence-corrected chi connectivity index (χ4v) is 3.57. The number of carbonyl (C=O) groups is 2. The van der Waals surface area contributed by atoms with Crippen molar-refractivity contribution in [3.63, 3.8) is 0 Å². The molecule has 1 aromatic carbocycles. The SMILES string of the molecule is Cc1cc(CC(=O)N2CCC[C@H]2C(=O)NCc2nc(-c3ccc(Cl)cc3)no2)o[nH+]1. The van der Waals surface area contributed by atoms with E-state index in [0.717, 1.165) is 17.7 Å². The summed E-state index contributed by atoms with van der Waals surface area (Å²) in [5, 5.41) is 10.0. The summed E-state index contributed by atoms with van der Waals surface area (Å²) in [6.07, 6.45) is 1.50. The number of aromatic amines is 1. The number of rotatable bonds is 6. The average Bonchev–Trinajstić information content (AvgIpc) is 3.47. The molecule has 2 amide bonds. The average molecular weight is 431 g/mol. The van der Waals surface area contributed by atoms with Gasteiger partial charge in [-0.1, -0.05) is 16.8 Å². The van der Waals surface area contributed by atoms with Crippen LogP contribution in [0.15, 0.2) is 39.4 Å². The number of amides is 2. The van der Waals surface area contributed by atoms with Crippen LogP contribution in [0.4, 0.5) is 0 Å². The molecule has 156 valence electrons. The number of nitrogens with zero attached hydrogens (tertiary/aromatic N) is 3. The first-order valence-corrected chi connectivity index (χ1v) is 10.00. The smallest absolute Gasteiger partial charge is 0.246 e. The van der Waals surface area contributed by atoms with Crippen LogP contribution >= 0.6 is 11.6 Å². The number of aryl methyl sites for hydroxylation is 1. The molecule has 1 aliphatic heterocycles. The summed E-state index contributed by atoms with van der Waals surface area (Å²) < 4.78 is 10.4. The number of hydrogen-bond donors (Lipinski definition) is 1. The minimum atomic E-state index is -0.517. The monoisotopic (exact) mass is 430 g/mol. The highest BCUT2D eigenvalue weighted by atomic mass is 35.5. The van der Waals surface area contributed by atoms with E-state index in [1.165, 1.54) is 0 Å². The second-order valence-corrected chi connectivity index (χ2v) is 7.59. The fourth-order valence-electron chi connectivity index (χ4n) is 3.45. The van der Waals surface area contributed by atoms with Gasteiger partial charge in [0.2, 0.25) is 29.2 Å². The maximum atomic E-state index is 12.7. The lowest BCUT2D eigenvalue weighted by molar-refractivity contribution is -0.616. The number of hydrogen-bond acceptors (Lipinski definition) is 6. The normalized spacial score (nSPS) is 16.1. The quantitative estimate of drug-likeness (QED) is 0.639. The van der Waals surface area contributed by atoms with Crippen LogP contribution in [-0.2, 0) is 22.6 Å². The van der Waals surface area contributed by atoms with Crippen LogP contribution in [0.25, 0.3) is 11.4 Å². The highest BCUT2D eigenvalue weighted by Crippen LogP contribution is 2.20. The minimum Gasteiger partial charge on any atom is -0.345 e. The van der Waals surface area contributed by atoms with Crippen molar-refractivity contribution in [1.29, 1.82) is 0 Å². The van der Waals surface area contributed by atoms with E-state index < -0.39 is 6.04 Å². The van der Waals surface area contributed by atoms with Crippen LogP contribution < -0.4 is 10.5 Å². The molecule has 9 nitrogen and oxygen atoms in total.